The smallest absolute Gasteiger partial charge is 0.338 e. The molecule has 3 rings (SSSR count). The Morgan fingerprint density at radius 3 is 2.79 bits per heavy atom. The number of nitrogens with zero attached hydrogens (tertiary/aromatic N) is 2. The van der Waals surface area contributed by atoms with E-state index >= 15 is 0 Å². The monoisotopic (exact) mass is 421 g/mol. The molecule has 0 radical (unpaired) electrons. The van der Waals surface area contributed by atoms with Gasteiger partial charge in [0.05, 0.1) is 43.6 Å². The minimum absolute atomic E-state index is 0.162. The molecule has 1 aliphatic rings. The van der Waals surface area contributed by atoms with Crippen LogP contribution in [0.1, 0.15) is 24.1 Å². The lowest BCUT2D eigenvalue weighted by Gasteiger charge is -2.23. The molecule has 2 aromatic rings. The maximum atomic E-state index is 12.6. The molecule has 28 heavy (non-hydrogen) atoms. The number of carbonyl (C=O) groups excluding carboxylic acids is 1. The van der Waals surface area contributed by atoms with Crippen LogP contribution in [0.4, 0.5) is 5.69 Å². The SMILES string of the molecule is C[NH+](C)CCn1c2c(c(SCC(=O)Nc3ccccc3Cl)nc1=O)CCCC2. The van der Waals surface area contributed by atoms with Crippen molar-refractivity contribution in [1.82, 2.24) is 9.55 Å². The van der Waals surface area contributed by atoms with E-state index in [1.165, 1.54) is 16.7 Å². The van der Waals surface area contributed by atoms with Crippen molar-refractivity contribution in [3.05, 3.63) is 51.0 Å². The Labute approximate surface area is 174 Å². The van der Waals surface area contributed by atoms with Crippen LogP contribution in [-0.2, 0) is 24.2 Å². The third-order valence-corrected chi connectivity index (χ3v) is 6.12. The van der Waals surface area contributed by atoms with Crippen LogP contribution >= 0.6 is 23.4 Å². The maximum Gasteiger partial charge on any atom is 0.349 e. The lowest BCUT2D eigenvalue weighted by atomic mass is 9.97. The zero-order chi connectivity index (χ0) is 20.1. The van der Waals surface area contributed by atoms with Crippen LogP contribution in [0.25, 0.3) is 0 Å². The number of aromatic nitrogens is 2. The molecule has 1 aromatic heterocycles. The number of benzene rings is 1. The number of quaternary nitrogens is 1. The lowest BCUT2D eigenvalue weighted by molar-refractivity contribution is -0.859. The molecular weight excluding hydrogens is 396 g/mol. The molecular formula is C20H26ClN4O2S+. The first-order valence-corrected chi connectivity index (χ1v) is 10.9. The van der Waals surface area contributed by atoms with Crippen molar-refractivity contribution in [2.45, 2.75) is 37.3 Å². The third-order valence-electron chi connectivity index (χ3n) is 4.77. The van der Waals surface area contributed by atoms with Crippen LogP contribution in [0.3, 0.4) is 0 Å². The quantitative estimate of drug-likeness (QED) is 0.527. The average molecular weight is 422 g/mol. The highest BCUT2D eigenvalue weighted by Gasteiger charge is 2.21. The molecule has 2 N–H and O–H groups in total. The van der Waals surface area contributed by atoms with E-state index in [2.05, 4.69) is 24.4 Å². The summed E-state index contributed by atoms with van der Waals surface area (Å²) in [4.78, 5) is 30.6. The highest BCUT2D eigenvalue weighted by Crippen LogP contribution is 2.28. The largest absolute Gasteiger partial charge is 0.349 e. The van der Waals surface area contributed by atoms with Crippen LogP contribution in [0.2, 0.25) is 5.02 Å². The third kappa shape index (κ3) is 5.16. The molecule has 0 bridgehead atoms. The zero-order valence-electron chi connectivity index (χ0n) is 16.3. The Balaban J connectivity index is 1.75. The van der Waals surface area contributed by atoms with E-state index < -0.39 is 0 Å². The first-order valence-electron chi connectivity index (χ1n) is 9.54. The van der Waals surface area contributed by atoms with E-state index in [1.54, 1.807) is 12.1 Å². The Morgan fingerprint density at radius 1 is 1.29 bits per heavy atom. The highest BCUT2D eigenvalue weighted by atomic mass is 35.5. The number of rotatable bonds is 7. The van der Waals surface area contributed by atoms with E-state index in [9.17, 15) is 9.59 Å². The van der Waals surface area contributed by atoms with Gasteiger partial charge in [0.15, 0.2) is 0 Å². The fourth-order valence-corrected chi connectivity index (χ4v) is 4.38. The van der Waals surface area contributed by atoms with Gasteiger partial charge >= 0.3 is 5.69 Å². The summed E-state index contributed by atoms with van der Waals surface area (Å²) in [5.41, 5.74) is 2.61. The Kier molecular flexibility index (Phi) is 7.15. The van der Waals surface area contributed by atoms with E-state index in [0.29, 0.717) is 22.3 Å². The number of thioether (sulfide) groups is 1. The number of hydrogen-bond acceptors (Lipinski definition) is 4. The molecule has 0 atom stereocenters. The molecule has 8 heteroatoms. The van der Waals surface area contributed by atoms with Gasteiger partial charge in [-0.05, 0) is 37.8 Å². The second kappa shape index (κ2) is 9.58. The summed E-state index contributed by atoms with van der Waals surface area (Å²) in [5, 5.41) is 4.01. The predicted octanol–water partition coefficient (Wildman–Crippen LogP) is 1.65. The van der Waals surface area contributed by atoms with E-state index in [-0.39, 0.29) is 17.3 Å². The molecule has 6 nitrogen and oxygen atoms in total. The minimum Gasteiger partial charge on any atom is -0.338 e. The van der Waals surface area contributed by atoms with Crippen molar-refractivity contribution >= 4 is 35.0 Å². The molecule has 1 amide bonds. The van der Waals surface area contributed by atoms with Crippen molar-refractivity contribution in [2.75, 3.05) is 31.7 Å². The van der Waals surface area contributed by atoms with Crippen molar-refractivity contribution < 1.29 is 9.69 Å². The van der Waals surface area contributed by atoms with Gasteiger partial charge in [0.25, 0.3) is 0 Å². The van der Waals surface area contributed by atoms with Gasteiger partial charge in [0, 0.05) is 11.3 Å². The van der Waals surface area contributed by atoms with Crippen molar-refractivity contribution in [2.24, 2.45) is 0 Å². The fourth-order valence-electron chi connectivity index (χ4n) is 3.32. The Morgan fingerprint density at radius 2 is 2.04 bits per heavy atom. The lowest BCUT2D eigenvalue weighted by Crippen LogP contribution is -3.06. The van der Waals surface area contributed by atoms with Gasteiger partial charge < -0.3 is 10.2 Å². The molecule has 0 fully saturated rings. The summed E-state index contributed by atoms with van der Waals surface area (Å²) in [6, 6.07) is 7.13. The highest BCUT2D eigenvalue weighted by molar-refractivity contribution is 8.00. The Bertz CT molecular complexity index is 914. The summed E-state index contributed by atoms with van der Waals surface area (Å²) < 4.78 is 1.83. The average Bonchev–Trinajstić information content (AvgIpc) is 2.67. The van der Waals surface area contributed by atoms with Crippen LogP contribution in [0.5, 0.6) is 0 Å². The number of carbonyl (C=O) groups is 1. The van der Waals surface area contributed by atoms with Gasteiger partial charge in [-0.25, -0.2) is 4.79 Å². The molecule has 0 saturated carbocycles. The van der Waals surface area contributed by atoms with Gasteiger partial charge in [0.2, 0.25) is 5.91 Å². The maximum absolute atomic E-state index is 12.6. The number of halogens is 1. The second-order valence-corrected chi connectivity index (χ2v) is 8.63. The Hall–Kier alpha value is -1.83. The number of hydrogen-bond donors (Lipinski definition) is 2. The van der Waals surface area contributed by atoms with Gasteiger partial charge in [-0.2, -0.15) is 4.98 Å². The van der Waals surface area contributed by atoms with E-state index in [4.69, 9.17) is 11.6 Å². The summed E-state index contributed by atoms with van der Waals surface area (Å²) in [7, 11) is 4.15. The van der Waals surface area contributed by atoms with Crippen LogP contribution in [0, 0.1) is 0 Å². The number of amides is 1. The van der Waals surface area contributed by atoms with Gasteiger partial charge in [0.1, 0.15) is 5.03 Å². The first kappa shape index (κ1) is 20.9. The zero-order valence-corrected chi connectivity index (χ0v) is 17.8. The van der Waals surface area contributed by atoms with E-state index in [0.717, 1.165) is 43.5 Å². The number of likely N-dealkylation sites (N-methyl/N-ethyl adjacent to an activating group) is 1. The molecule has 1 aliphatic carbocycles. The number of nitrogens with one attached hydrogen (secondary N) is 2. The molecule has 0 spiro atoms. The van der Waals surface area contributed by atoms with Crippen molar-refractivity contribution in [3.8, 4) is 0 Å². The van der Waals surface area contributed by atoms with Gasteiger partial charge in [-0.3, -0.25) is 9.36 Å². The van der Waals surface area contributed by atoms with Crippen LogP contribution in [-0.4, -0.2) is 41.9 Å². The van der Waals surface area contributed by atoms with Crippen LogP contribution in [0.15, 0.2) is 34.1 Å². The first-order chi connectivity index (χ1) is 13.5. The van der Waals surface area contributed by atoms with Crippen molar-refractivity contribution in [1.29, 1.82) is 0 Å². The topological polar surface area (TPSA) is 68.4 Å². The minimum atomic E-state index is -0.212. The summed E-state index contributed by atoms with van der Waals surface area (Å²) in [6.45, 7) is 1.55. The second-order valence-electron chi connectivity index (χ2n) is 7.26. The van der Waals surface area contributed by atoms with E-state index in [1.807, 2.05) is 16.7 Å². The molecule has 1 heterocycles. The number of fused-ring (bicyclic) bond motifs is 1. The molecule has 0 saturated heterocycles. The van der Waals surface area contributed by atoms with Gasteiger partial charge in [-0.15, -0.1) is 0 Å². The summed E-state index contributed by atoms with van der Waals surface area (Å²) in [6.07, 6.45) is 3.98. The van der Waals surface area contributed by atoms with Gasteiger partial charge in [-0.1, -0.05) is 35.5 Å². The number of anilines is 1. The standard InChI is InChI=1S/C20H25ClN4O2S/c1-24(2)11-12-25-17-10-6-3-7-14(17)19(23-20(25)27)28-13-18(26)22-16-9-5-4-8-15(16)21/h4-5,8-9H,3,6-7,10-13H2,1-2H3,(H,22,26)/p+1. The summed E-state index contributed by atoms with van der Waals surface area (Å²) >= 11 is 7.42. The predicted molar refractivity (Wildman–Crippen MR) is 114 cm³/mol. The number of para-hydroxylation sites is 1. The van der Waals surface area contributed by atoms with Crippen LogP contribution < -0.4 is 15.9 Å². The molecule has 0 aliphatic heterocycles. The molecule has 1 aromatic carbocycles. The molecule has 0 unspecified atom stereocenters. The molecule has 150 valence electrons. The van der Waals surface area contributed by atoms with Crippen molar-refractivity contribution in [3.63, 3.8) is 0 Å². The fraction of sp³-hybridized carbons (Fsp3) is 0.450. The normalized spacial score (nSPS) is 13.4. The summed E-state index contributed by atoms with van der Waals surface area (Å²) in [5.74, 6) is 0.0283.